The second-order valence-electron chi connectivity index (χ2n) is 5.50. The number of ether oxygens (including phenoxy) is 1. The number of amides is 1. The number of fused-ring (bicyclic) bond motifs is 1. The molecule has 0 radical (unpaired) electrons. The van der Waals surface area contributed by atoms with Crippen LogP contribution in [-0.4, -0.2) is 49.3 Å². The van der Waals surface area contributed by atoms with Crippen LogP contribution in [0.15, 0.2) is 18.5 Å². The Hall–Kier alpha value is -2.18. The van der Waals surface area contributed by atoms with Crippen molar-refractivity contribution >= 4 is 11.6 Å². The molecule has 0 aliphatic carbocycles. The molecule has 7 nitrogen and oxygen atoms in total. The van der Waals surface area contributed by atoms with Gasteiger partial charge in [0.2, 0.25) is 5.88 Å². The van der Waals surface area contributed by atoms with Crippen molar-refractivity contribution in [2.24, 2.45) is 0 Å². The monoisotopic (exact) mass is 289 g/mol. The summed E-state index contributed by atoms with van der Waals surface area (Å²) in [7, 11) is 0. The number of hydrogen-bond donors (Lipinski definition) is 0. The van der Waals surface area contributed by atoms with Crippen LogP contribution in [-0.2, 0) is 4.79 Å². The van der Waals surface area contributed by atoms with E-state index in [9.17, 15) is 4.79 Å². The van der Waals surface area contributed by atoms with E-state index in [1.807, 2.05) is 4.90 Å². The fourth-order valence-corrected chi connectivity index (χ4v) is 2.96. The van der Waals surface area contributed by atoms with E-state index in [0.717, 1.165) is 12.8 Å². The molecular weight excluding hydrogens is 270 g/mol. The van der Waals surface area contributed by atoms with E-state index < -0.39 is 0 Å². The molecule has 1 aliphatic heterocycles. The summed E-state index contributed by atoms with van der Waals surface area (Å²) in [6, 6.07) is 2.27. The Morgan fingerprint density at radius 2 is 2.14 bits per heavy atom. The average Bonchev–Trinajstić information content (AvgIpc) is 2.93. The van der Waals surface area contributed by atoms with Crippen molar-refractivity contribution in [1.29, 1.82) is 0 Å². The predicted molar refractivity (Wildman–Crippen MR) is 75.9 cm³/mol. The van der Waals surface area contributed by atoms with E-state index in [0.29, 0.717) is 11.5 Å². The third-order valence-corrected chi connectivity index (χ3v) is 3.98. The number of carbonyl (C=O) groups is 1. The molecule has 2 unspecified atom stereocenters. The molecule has 3 heterocycles. The molecule has 7 heteroatoms. The number of carbonyl (C=O) groups excluding carboxylic acids is 1. The molecule has 0 aromatic carbocycles. The minimum atomic E-state index is -0.00463. The molecule has 0 spiro atoms. The maximum Gasteiger partial charge on any atom is 0.261 e. The molecule has 0 saturated carbocycles. The lowest BCUT2D eigenvalue weighted by Gasteiger charge is -2.38. The topological polar surface area (TPSA) is 72.6 Å². The fourth-order valence-electron chi connectivity index (χ4n) is 2.96. The number of rotatable bonds is 3. The summed E-state index contributed by atoms with van der Waals surface area (Å²) >= 11 is 0. The first-order valence-electron chi connectivity index (χ1n) is 7.26. The van der Waals surface area contributed by atoms with Crippen LogP contribution in [0.4, 0.5) is 0 Å². The molecular formula is C14H19N5O2. The number of likely N-dealkylation sites (tertiary alicyclic amines) is 1. The SMILES string of the molecule is CC1CCCC(C)N1C(=O)COc1cnnc2ccnn12. The zero-order valence-electron chi connectivity index (χ0n) is 12.3. The van der Waals surface area contributed by atoms with Crippen molar-refractivity contribution in [3.63, 3.8) is 0 Å². The number of piperidine rings is 1. The van der Waals surface area contributed by atoms with Gasteiger partial charge in [-0.1, -0.05) is 0 Å². The van der Waals surface area contributed by atoms with E-state index in [-0.39, 0.29) is 24.6 Å². The van der Waals surface area contributed by atoms with Crippen molar-refractivity contribution in [3.05, 3.63) is 18.5 Å². The van der Waals surface area contributed by atoms with Crippen LogP contribution in [0.1, 0.15) is 33.1 Å². The average molecular weight is 289 g/mol. The molecule has 1 saturated heterocycles. The van der Waals surface area contributed by atoms with Gasteiger partial charge in [0.25, 0.3) is 5.91 Å². The van der Waals surface area contributed by atoms with Crippen molar-refractivity contribution in [1.82, 2.24) is 24.7 Å². The van der Waals surface area contributed by atoms with Crippen molar-refractivity contribution in [2.45, 2.75) is 45.2 Å². The maximum atomic E-state index is 12.4. The Labute approximate surface area is 122 Å². The Morgan fingerprint density at radius 1 is 1.38 bits per heavy atom. The van der Waals surface area contributed by atoms with Gasteiger partial charge in [-0.05, 0) is 33.1 Å². The Balaban J connectivity index is 1.69. The van der Waals surface area contributed by atoms with Gasteiger partial charge in [0.05, 0.1) is 6.20 Å². The van der Waals surface area contributed by atoms with Gasteiger partial charge in [0.15, 0.2) is 12.3 Å². The molecule has 3 rings (SSSR count). The third-order valence-electron chi connectivity index (χ3n) is 3.98. The Kier molecular flexibility index (Phi) is 3.72. The van der Waals surface area contributed by atoms with Gasteiger partial charge in [0, 0.05) is 18.2 Å². The zero-order valence-corrected chi connectivity index (χ0v) is 12.3. The van der Waals surface area contributed by atoms with Gasteiger partial charge >= 0.3 is 0 Å². The molecule has 1 aliphatic rings. The van der Waals surface area contributed by atoms with Crippen molar-refractivity contribution < 1.29 is 9.53 Å². The van der Waals surface area contributed by atoms with Crippen LogP contribution in [0.25, 0.3) is 5.65 Å². The maximum absolute atomic E-state index is 12.4. The summed E-state index contributed by atoms with van der Waals surface area (Å²) < 4.78 is 7.13. The molecule has 1 fully saturated rings. The molecule has 21 heavy (non-hydrogen) atoms. The summed E-state index contributed by atoms with van der Waals surface area (Å²) in [6.07, 6.45) is 6.37. The highest BCUT2D eigenvalue weighted by Gasteiger charge is 2.29. The van der Waals surface area contributed by atoms with Crippen LogP contribution >= 0.6 is 0 Å². The second kappa shape index (κ2) is 5.67. The first-order chi connectivity index (χ1) is 10.2. The van der Waals surface area contributed by atoms with Gasteiger partial charge in [-0.2, -0.15) is 14.7 Å². The van der Waals surface area contributed by atoms with Gasteiger partial charge in [-0.25, -0.2) is 0 Å². The van der Waals surface area contributed by atoms with E-state index in [1.165, 1.54) is 17.1 Å². The third kappa shape index (κ3) is 2.68. The lowest BCUT2D eigenvalue weighted by Crippen LogP contribution is -2.49. The van der Waals surface area contributed by atoms with Crippen LogP contribution < -0.4 is 4.74 Å². The quantitative estimate of drug-likeness (QED) is 0.851. The zero-order chi connectivity index (χ0) is 14.8. The highest BCUT2D eigenvalue weighted by Crippen LogP contribution is 2.22. The minimum Gasteiger partial charge on any atom is -0.466 e. The minimum absolute atomic E-state index is 0.00463. The highest BCUT2D eigenvalue weighted by molar-refractivity contribution is 5.78. The summed E-state index contributed by atoms with van der Waals surface area (Å²) in [5.41, 5.74) is 0.597. The van der Waals surface area contributed by atoms with Crippen LogP contribution in [0.3, 0.4) is 0 Å². The largest absolute Gasteiger partial charge is 0.466 e. The fraction of sp³-hybridized carbons (Fsp3) is 0.571. The molecule has 2 atom stereocenters. The van der Waals surface area contributed by atoms with E-state index >= 15 is 0 Å². The smallest absolute Gasteiger partial charge is 0.261 e. The molecule has 0 N–H and O–H groups in total. The predicted octanol–water partition coefficient (Wildman–Crippen LogP) is 1.29. The van der Waals surface area contributed by atoms with Gasteiger partial charge in [-0.15, -0.1) is 5.10 Å². The van der Waals surface area contributed by atoms with Gasteiger partial charge in [-0.3, -0.25) is 4.79 Å². The Morgan fingerprint density at radius 3 is 2.90 bits per heavy atom. The van der Waals surface area contributed by atoms with Gasteiger partial charge in [0.1, 0.15) is 6.20 Å². The molecule has 112 valence electrons. The highest BCUT2D eigenvalue weighted by atomic mass is 16.5. The summed E-state index contributed by atoms with van der Waals surface area (Å²) in [5.74, 6) is 0.433. The number of hydrogen-bond acceptors (Lipinski definition) is 5. The molecule has 2 aromatic rings. The Bertz CT molecular complexity index is 631. The summed E-state index contributed by atoms with van der Waals surface area (Å²) in [4.78, 5) is 14.3. The standard InChI is InChI=1S/C14H19N5O2/c1-10-4-3-5-11(2)18(10)13(20)9-21-14-8-15-17-12-6-7-16-19(12)14/h6-8,10-11H,3-5,9H2,1-2H3. The lowest BCUT2D eigenvalue weighted by molar-refractivity contribution is -0.139. The first kappa shape index (κ1) is 13.8. The van der Waals surface area contributed by atoms with Gasteiger partial charge < -0.3 is 9.64 Å². The van der Waals surface area contributed by atoms with E-state index in [2.05, 4.69) is 29.1 Å². The summed E-state index contributed by atoms with van der Waals surface area (Å²) in [6.45, 7) is 4.18. The van der Waals surface area contributed by atoms with E-state index in [4.69, 9.17) is 4.74 Å². The lowest BCUT2D eigenvalue weighted by atomic mass is 9.97. The molecule has 0 bridgehead atoms. The van der Waals surface area contributed by atoms with Crippen molar-refractivity contribution in [3.8, 4) is 5.88 Å². The first-order valence-corrected chi connectivity index (χ1v) is 7.26. The second-order valence-corrected chi connectivity index (χ2v) is 5.50. The summed E-state index contributed by atoms with van der Waals surface area (Å²) in [5, 5.41) is 11.9. The molecule has 1 amide bonds. The van der Waals surface area contributed by atoms with Crippen LogP contribution in [0.5, 0.6) is 5.88 Å². The normalized spacial score (nSPS) is 22.5. The van der Waals surface area contributed by atoms with Crippen molar-refractivity contribution in [2.75, 3.05) is 6.61 Å². The van der Waals surface area contributed by atoms with Crippen LogP contribution in [0, 0.1) is 0 Å². The number of aromatic nitrogens is 4. The van der Waals surface area contributed by atoms with Crippen LogP contribution in [0.2, 0.25) is 0 Å². The molecule has 2 aromatic heterocycles. The van der Waals surface area contributed by atoms with E-state index in [1.54, 1.807) is 12.3 Å². The number of nitrogens with zero attached hydrogens (tertiary/aromatic N) is 5.